The van der Waals surface area contributed by atoms with E-state index in [0.29, 0.717) is 11.8 Å². The molecule has 3 heterocycles. The Morgan fingerprint density at radius 3 is 2.87 bits per heavy atom. The molecule has 2 aliphatic rings. The normalized spacial score (nSPS) is 24.4. The number of nitrogens with one attached hydrogen (secondary N) is 1. The number of urea groups is 1. The van der Waals surface area contributed by atoms with Crippen LogP contribution in [0.2, 0.25) is 0 Å². The second kappa shape index (κ2) is 7.77. The lowest BCUT2D eigenvalue weighted by Gasteiger charge is -2.34. The first-order valence-electron chi connectivity index (χ1n) is 8.69. The number of hydrogen-bond donors (Lipinski definition) is 1. The summed E-state index contributed by atoms with van der Waals surface area (Å²) < 4.78 is 7.40. The third-order valence-electron chi connectivity index (χ3n) is 5.07. The maximum absolute atomic E-state index is 12.4. The molecule has 23 heavy (non-hydrogen) atoms. The van der Waals surface area contributed by atoms with Gasteiger partial charge in [-0.25, -0.2) is 4.79 Å². The van der Waals surface area contributed by atoms with Gasteiger partial charge in [-0.2, -0.15) is 0 Å². The SMILES string of the molecule is CC(NC(=O)N1CCC(Cn2ccnn2)CC1)C1CCCOC1. The first-order valence-corrected chi connectivity index (χ1v) is 8.69. The molecule has 3 rings (SSSR count). The minimum Gasteiger partial charge on any atom is -0.381 e. The molecule has 0 aromatic carbocycles. The molecule has 1 aromatic heterocycles. The minimum absolute atomic E-state index is 0.0716. The highest BCUT2D eigenvalue weighted by Gasteiger charge is 2.27. The van der Waals surface area contributed by atoms with E-state index < -0.39 is 0 Å². The van der Waals surface area contributed by atoms with Gasteiger partial charge >= 0.3 is 6.03 Å². The van der Waals surface area contributed by atoms with Crippen molar-refractivity contribution in [2.75, 3.05) is 26.3 Å². The quantitative estimate of drug-likeness (QED) is 0.912. The Kier molecular flexibility index (Phi) is 5.48. The van der Waals surface area contributed by atoms with Gasteiger partial charge in [0, 0.05) is 44.4 Å². The van der Waals surface area contributed by atoms with Crippen LogP contribution in [0.3, 0.4) is 0 Å². The highest BCUT2D eigenvalue weighted by atomic mass is 16.5. The molecule has 7 heteroatoms. The van der Waals surface area contributed by atoms with Crippen molar-refractivity contribution >= 4 is 6.03 Å². The van der Waals surface area contributed by atoms with Crippen molar-refractivity contribution in [3.05, 3.63) is 12.4 Å². The monoisotopic (exact) mass is 321 g/mol. The summed E-state index contributed by atoms with van der Waals surface area (Å²) in [5.41, 5.74) is 0. The summed E-state index contributed by atoms with van der Waals surface area (Å²) in [5, 5.41) is 11.0. The number of amides is 2. The van der Waals surface area contributed by atoms with Gasteiger partial charge in [0.25, 0.3) is 0 Å². The Morgan fingerprint density at radius 2 is 2.22 bits per heavy atom. The summed E-state index contributed by atoms with van der Waals surface area (Å²) in [6.07, 6.45) is 7.88. The van der Waals surface area contributed by atoms with Crippen LogP contribution in [0.1, 0.15) is 32.6 Å². The van der Waals surface area contributed by atoms with Gasteiger partial charge in [-0.15, -0.1) is 5.10 Å². The molecule has 0 saturated carbocycles. The van der Waals surface area contributed by atoms with Gasteiger partial charge in [0.15, 0.2) is 0 Å². The first kappa shape index (κ1) is 16.2. The summed E-state index contributed by atoms with van der Waals surface area (Å²) >= 11 is 0. The average molecular weight is 321 g/mol. The van der Waals surface area contributed by atoms with E-state index in [0.717, 1.165) is 58.5 Å². The van der Waals surface area contributed by atoms with E-state index >= 15 is 0 Å². The van der Waals surface area contributed by atoms with Gasteiger partial charge in [0.1, 0.15) is 0 Å². The van der Waals surface area contributed by atoms with Gasteiger partial charge in [-0.1, -0.05) is 5.21 Å². The Bertz CT molecular complexity index is 479. The first-order chi connectivity index (χ1) is 11.2. The molecule has 2 amide bonds. The van der Waals surface area contributed by atoms with Crippen LogP contribution in [0.4, 0.5) is 4.79 Å². The van der Waals surface area contributed by atoms with Gasteiger partial charge in [0.2, 0.25) is 0 Å². The summed E-state index contributed by atoms with van der Waals surface area (Å²) in [6.45, 7) is 6.25. The molecule has 2 atom stereocenters. The fraction of sp³-hybridized carbons (Fsp3) is 0.812. The summed E-state index contributed by atoms with van der Waals surface area (Å²) in [7, 11) is 0. The predicted octanol–water partition coefficient (Wildman–Crippen LogP) is 1.51. The van der Waals surface area contributed by atoms with Crippen LogP contribution < -0.4 is 5.32 Å². The van der Waals surface area contributed by atoms with Crippen LogP contribution in [-0.2, 0) is 11.3 Å². The molecule has 0 radical (unpaired) electrons. The molecule has 1 N–H and O–H groups in total. The molecule has 7 nitrogen and oxygen atoms in total. The second-order valence-electron chi connectivity index (χ2n) is 6.77. The standard InChI is InChI=1S/C16H27N5O2/c1-13(15-3-2-10-23-12-15)18-16(22)20-7-4-14(5-8-20)11-21-9-6-17-19-21/h6,9,13-15H,2-5,7-8,10-12H2,1H3,(H,18,22). The third kappa shape index (κ3) is 4.43. The smallest absolute Gasteiger partial charge is 0.317 e. The molecule has 2 aliphatic heterocycles. The summed E-state index contributed by atoms with van der Waals surface area (Å²) in [6, 6.07) is 0.248. The van der Waals surface area contributed by atoms with Crippen LogP contribution in [-0.4, -0.2) is 58.3 Å². The Labute approximate surface area is 137 Å². The lowest BCUT2D eigenvalue weighted by Crippen LogP contribution is -2.50. The maximum Gasteiger partial charge on any atom is 0.317 e. The molecule has 2 saturated heterocycles. The van der Waals surface area contributed by atoms with Crippen molar-refractivity contribution in [3.8, 4) is 0 Å². The molecule has 0 aliphatic carbocycles. The lowest BCUT2D eigenvalue weighted by molar-refractivity contribution is 0.0422. The summed E-state index contributed by atoms with van der Waals surface area (Å²) in [4.78, 5) is 14.4. The zero-order valence-electron chi connectivity index (χ0n) is 13.9. The molecule has 2 unspecified atom stereocenters. The van der Waals surface area contributed by atoms with Crippen molar-refractivity contribution < 1.29 is 9.53 Å². The maximum atomic E-state index is 12.4. The number of nitrogens with zero attached hydrogens (tertiary/aromatic N) is 4. The molecule has 0 bridgehead atoms. The number of carbonyl (C=O) groups excluding carboxylic acids is 1. The van der Waals surface area contributed by atoms with E-state index in [1.54, 1.807) is 6.20 Å². The Morgan fingerprint density at radius 1 is 1.39 bits per heavy atom. The van der Waals surface area contributed by atoms with Crippen molar-refractivity contribution in [2.45, 2.75) is 45.2 Å². The average Bonchev–Trinajstić information content (AvgIpc) is 3.09. The number of piperidine rings is 1. The number of hydrogen-bond acceptors (Lipinski definition) is 4. The molecule has 128 valence electrons. The predicted molar refractivity (Wildman–Crippen MR) is 85.9 cm³/mol. The number of ether oxygens (including phenoxy) is 1. The third-order valence-corrected chi connectivity index (χ3v) is 5.07. The van der Waals surface area contributed by atoms with E-state index in [4.69, 9.17) is 4.74 Å². The zero-order valence-corrected chi connectivity index (χ0v) is 13.9. The molecule has 1 aromatic rings. The van der Waals surface area contributed by atoms with E-state index in [1.807, 2.05) is 15.8 Å². The van der Waals surface area contributed by atoms with Crippen LogP contribution in [0.25, 0.3) is 0 Å². The molecule has 0 spiro atoms. The van der Waals surface area contributed by atoms with E-state index in [1.165, 1.54) is 0 Å². The second-order valence-corrected chi connectivity index (χ2v) is 6.77. The molecule has 2 fully saturated rings. The largest absolute Gasteiger partial charge is 0.381 e. The van der Waals surface area contributed by atoms with Gasteiger partial charge in [0.05, 0.1) is 12.8 Å². The highest BCUT2D eigenvalue weighted by Crippen LogP contribution is 2.20. The number of likely N-dealkylation sites (tertiary alicyclic amines) is 1. The highest BCUT2D eigenvalue weighted by molar-refractivity contribution is 5.74. The van der Waals surface area contributed by atoms with E-state index in [-0.39, 0.29) is 12.1 Å². The summed E-state index contributed by atoms with van der Waals surface area (Å²) in [5.74, 6) is 1.02. The topological polar surface area (TPSA) is 72.3 Å². The van der Waals surface area contributed by atoms with Gasteiger partial charge < -0.3 is 15.0 Å². The van der Waals surface area contributed by atoms with Gasteiger partial charge in [-0.05, 0) is 38.5 Å². The fourth-order valence-corrected chi connectivity index (χ4v) is 3.48. The van der Waals surface area contributed by atoms with Crippen molar-refractivity contribution in [3.63, 3.8) is 0 Å². The van der Waals surface area contributed by atoms with E-state index in [2.05, 4.69) is 22.6 Å². The van der Waals surface area contributed by atoms with Crippen molar-refractivity contribution in [1.29, 1.82) is 0 Å². The van der Waals surface area contributed by atoms with Crippen LogP contribution >= 0.6 is 0 Å². The number of rotatable bonds is 4. The van der Waals surface area contributed by atoms with Crippen LogP contribution in [0.15, 0.2) is 12.4 Å². The van der Waals surface area contributed by atoms with Crippen molar-refractivity contribution in [2.24, 2.45) is 11.8 Å². The molecular formula is C16H27N5O2. The van der Waals surface area contributed by atoms with Crippen LogP contribution in [0, 0.1) is 11.8 Å². The molecular weight excluding hydrogens is 294 g/mol. The number of carbonyl (C=O) groups is 1. The van der Waals surface area contributed by atoms with E-state index in [9.17, 15) is 4.79 Å². The van der Waals surface area contributed by atoms with Crippen LogP contribution in [0.5, 0.6) is 0 Å². The lowest BCUT2D eigenvalue weighted by atomic mass is 9.95. The van der Waals surface area contributed by atoms with Crippen molar-refractivity contribution in [1.82, 2.24) is 25.2 Å². The minimum atomic E-state index is 0.0716. The zero-order chi connectivity index (χ0) is 16.1. The fourth-order valence-electron chi connectivity index (χ4n) is 3.48. The Balaban J connectivity index is 1.40. The Hall–Kier alpha value is -1.63. The number of aromatic nitrogens is 3. The van der Waals surface area contributed by atoms with Gasteiger partial charge in [-0.3, -0.25) is 4.68 Å².